The molecular weight excluding hydrogens is 187 g/mol. The molecule has 2 N–H and O–H groups in total. The van der Waals surface area contributed by atoms with E-state index in [1.54, 1.807) is 0 Å². The highest BCUT2D eigenvalue weighted by Gasteiger charge is 2.16. The van der Waals surface area contributed by atoms with E-state index < -0.39 is 5.82 Å². The number of anilines is 2. The number of hydrogen-bond acceptors (Lipinski definition) is 3. The van der Waals surface area contributed by atoms with Crippen LogP contribution in [0.25, 0.3) is 0 Å². The molecule has 0 aromatic heterocycles. The Hall–Kier alpha value is -1.78. The van der Waals surface area contributed by atoms with E-state index in [2.05, 4.69) is 10.6 Å². The summed E-state index contributed by atoms with van der Waals surface area (Å²) in [5.74, 6) is -0.478. The summed E-state index contributed by atoms with van der Waals surface area (Å²) in [5.41, 5.74) is 1.11. The van der Waals surface area contributed by atoms with Crippen molar-refractivity contribution < 1.29 is 13.9 Å². The number of carbonyl (C=O) groups is 1. The number of carbonyl (C=O) groups excluding carboxylic acids is 1. The fourth-order valence-electron chi connectivity index (χ4n) is 1.33. The lowest BCUT2D eigenvalue weighted by Gasteiger charge is -2.19. The standard InChI is InChI=1S/C9H9FN2O2/c1-14-8-3-7-6(2-5(8)10)11-4-9(13)12-7/h2-3,11H,4H2,1H3,(H,12,13). The predicted molar refractivity (Wildman–Crippen MR) is 50.1 cm³/mol. The third kappa shape index (κ3) is 1.37. The van der Waals surface area contributed by atoms with Gasteiger partial charge in [0.1, 0.15) is 0 Å². The highest BCUT2D eigenvalue weighted by Crippen LogP contribution is 2.31. The van der Waals surface area contributed by atoms with Crippen molar-refractivity contribution >= 4 is 17.3 Å². The molecule has 0 bridgehead atoms. The van der Waals surface area contributed by atoms with Crippen LogP contribution < -0.4 is 15.4 Å². The molecule has 0 atom stereocenters. The van der Waals surface area contributed by atoms with Gasteiger partial charge in [-0.3, -0.25) is 4.79 Å². The Morgan fingerprint density at radius 3 is 2.93 bits per heavy atom. The highest BCUT2D eigenvalue weighted by atomic mass is 19.1. The first-order chi connectivity index (χ1) is 6.70. The second kappa shape index (κ2) is 3.17. The van der Waals surface area contributed by atoms with Crippen molar-refractivity contribution in [3.05, 3.63) is 17.9 Å². The summed E-state index contributed by atoms with van der Waals surface area (Å²) in [6.45, 7) is 0.165. The normalized spacial score (nSPS) is 14.0. The minimum absolute atomic E-state index is 0.118. The minimum Gasteiger partial charge on any atom is -0.494 e. The second-order valence-electron chi connectivity index (χ2n) is 2.93. The van der Waals surface area contributed by atoms with Gasteiger partial charge >= 0.3 is 0 Å². The van der Waals surface area contributed by atoms with Crippen LogP contribution in [0.15, 0.2) is 12.1 Å². The molecule has 1 heterocycles. The van der Waals surface area contributed by atoms with Crippen LogP contribution in [-0.4, -0.2) is 19.6 Å². The Morgan fingerprint density at radius 1 is 1.43 bits per heavy atom. The zero-order chi connectivity index (χ0) is 10.1. The first kappa shape index (κ1) is 8.80. The second-order valence-corrected chi connectivity index (χ2v) is 2.93. The third-order valence-electron chi connectivity index (χ3n) is 2.01. The summed E-state index contributed by atoms with van der Waals surface area (Å²) < 4.78 is 18.0. The molecule has 1 amide bonds. The first-order valence-electron chi connectivity index (χ1n) is 4.12. The maximum absolute atomic E-state index is 13.2. The third-order valence-corrected chi connectivity index (χ3v) is 2.01. The summed E-state index contributed by atoms with van der Waals surface area (Å²) in [4.78, 5) is 11.0. The molecule has 0 saturated heterocycles. The number of halogens is 1. The molecule has 1 aromatic carbocycles. The van der Waals surface area contributed by atoms with Gasteiger partial charge in [-0.2, -0.15) is 0 Å². The summed E-state index contributed by atoms with van der Waals surface area (Å²) >= 11 is 0. The number of benzene rings is 1. The van der Waals surface area contributed by atoms with Gasteiger partial charge in [0.25, 0.3) is 0 Å². The van der Waals surface area contributed by atoms with Crippen molar-refractivity contribution in [1.82, 2.24) is 0 Å². The summed E-state index contributed by atoms with van der Waals surface area (Å²) in [7, 11) is 1.38. The van der Waals surface area contributed by atoms with Crippen LogP contribution >= 0.6 is 0 Å². The van der Waals surface area contributed by atoms with Crippen LogP contribution in [-0.2, 0) is 4.79 Å². The van der Waals surface area contributed by atoms with Gasteiger partial charge in [0.15, 0.2) is 11.6 Å². The van der Waals surface area contributed by atoms with E-state index in [1.807, 2.05) is 0 Å². The van der Waals surface area contributed by atoms with Crippen LogP contribution in [0.3, 0.4) is 0 Å². The van der Waals surface area contributed by atoms with Crippen molar-refractivity contribution in [1.29, 1.82) is 0 Å². The molecule has 0 fully saturated rings. The molecule has 1 aliphatic rings. The van der Waals surface area contributed by atoms with Gasteiger partial charge in [-0.05, 0) is 0 Å². The Balaban J connectivity index is 2.46. The molecule has 74 valence electrons. The molecule has 4 nitrogen and oxygen atoms in total. The summed E-state index contributed by atoms with van der Waals surface area (Å²) in [5, 5.41) is 5.41. The number of methoxy groups -OCH3 is 1. The fourth-order valence-corrected chi connectivity index (χ4v) is 1.33. The molecule has 0 aliphatic carbocycles. The van der Waals surface area contributed by atoms with Gasteiger partial charge in [0, 0.05) is 12.1 Å². The molecule has 2 rings (SSSR count). The quantitative estimate of drug-likeness (QED) is 0.709. The van der Waals surface area contributed by atoms with E-state index in [-0.39, 0.29) is 18.2 Å². The molecule has 0 saturated carbocycles. The lowest BCUT2D eigenvalue weighted by atomic mass is 10.2. The van der Waals surface area contributed by atoms with E-state index in [1.165, 1.54) is 19.2 Å². The van der Waals surface area contributed by atoms with Crippen molar-refractivity contribution in [2.75, 3.05) is 24.3 Å². The van der Waals surface area contributed by atoms with Gasteiger partial charge in [-0.25, -0.2) is 4.39 Å². The molecule has 0 unspecified atom stereocenters. The average molecular weight is 196 g/mol. The van der Waals surface area contributed by atoms with Crippen molar-refractivity contribution in [3.8, 4) is 5.75 Å². The Morgan fingerprint density at radius 2 is 2.21 bits per heavy atom. The first-order valence-corrected chi connectivity index (χ1v) is 4.12. The number of fused-ring (bicyclic) bond motifs is 1. The molecular formula is C9H9FN2O2. The van der Waals surface area contributed by atoms with E-state index in [4.69, 9.17) is 4.74 Å². The Kier molecular flexibility index (Phi) is 1.99. The van der Waals surface area contributed by atoms with Crippen LogP contribution in [0.2, 0.25) is 0 Å². The van der Waals surface area contributed by atoms with E-state index in [0.29, 0.717) is 11.4 Å². The molecule has 0 radical (unpaired) electrons. The maximum atomic E-state index is 13.2. The van der Waals surface area contributed by atoms with Crippen molar-refractivity contribution in [2.45, 2.75) is 0 Å². The maximum Gasteiger partial charge on any atom is 0.243 e. The molecule has 1 aromatic rings. The van der Waals surface area contributed by atoms with Gasteiger partial charge in [-0.15, -0.1) is 0 Å². The number of amides is 1. The van der Waals surface area contributed by atoms with Crippen molar-refractivity contribution in [2.24, 2.45) is 0 Å². The van der Waals surface area contributed by atoms with Crippen LogP contribution in [0.1, 0.15) is 0 Å². The number of hydrogen-bond donors (Lipinski definition) is 2. The van der Waals surface area contributed by atoms with Gasteiger partial charge in [0.05, 0.1) is 25.0 Å². The minimum atomic E-state index is -0.449. The molecule has 14 heavy (non-hydrogen) atoms. The zero-order valence-corrected chi connectivity index (χ0v) is 7.56. The van der Waals surface area contributed by atoms with E-state index >= 15 is 0 Å². The lowest BCUT2D eigenvalue weighted by Crippen LogP contribution is -2.27. The van der Waals surface area contributed by atoms with Gasteiger partial charge < -0.3 is 15.4 Å². The fraction of sp³-hybridized carbons (Fsp3) is 0.222. The van der Waals surface area contributed by atoms with E-state index in [0.717, 1.165) is 0 Å². The number of ether oxygens (including phenoxy) is 1. The van der Waals surface area contributed by atoms with E-state index in [9.17, 15) is 9.18 Å². The SMILES string of the molecule is COc1cc2c(cc1F)NCC(=O)N2. The molecule has 1 aliphatic heterocycles. The highest BCUT2D eigenvalue weighted by molar-refractivity contribution is 6.00. The zero-order valence-electron chi connectivity index (χ0n) is 7.56. The largest absolute Gasteiger partial charge is 0.494 e. The van der Waals surface area contributed by atoms with Crippen molar-refractivity contribution in [3.63, 3.8) is 0 Å². The molecule has 5 heteroatoms. The smallest absolute Gasteiger partial charge is 0.243 e. The summed E-state index contributed by atoms with van der Waals surface area (Å²) in [6, 6.07) is 2.75. The topological polar surface area (TPSA) is 50.4 Å². The Labute approximate surface area is 80.1 Å². The number of rotatable bonds is 1. The van der Waals surface area contributed by atoms with Crippen LogP contribution in [0.5, 0.6) is 5.75 Å². The average Bonchev–Trinajstić information content (AvgIpc) is 2.17. The van der Waals surface area contributed by atoms with Crippen LogP contribution in [0.4, 0.5) is 15.8 Å². The van der Waals surface area contributed by atoms with Crippen LogP contribution in [0, 0.1) is 5.82 Å². The predicted octanol–water partition coefficient (Wildman–Crippen LogP) is 1.20. The number of nitrogens with one attached hydrogen (secondary N) is 2. The Bertz CT molecular complexity index is 393. The molecule has 0 spiro atoms. The van der Waals surface area contributed by atoms with Gasteiger partial charge in [0.2, 0.25) is 5.91 Å². The van der Waals surface area contributed by atoms with Gasteiger partial charge in [-0.1, -0.05) is 0 Å². The summed E-state index contributed by atoms with van der Waals surface area (Å²) in [6.07, 6.45) is 0. The monoisotopic (exact) mass is 196 g/mol. The lowest BCUT2D eigenvalue weighted by molar-refractivity contribution is -0.114.